The predicted octanol–water partition coefficient (Wildman–Crippen LogP) is 6.64. The van der Waals surface area contributed by atoms with Crippen molar-refractivity contribution in [3.05, 3.63) is 87.9 Å². The van der Waals surface area contributed by atoms with Crippen LogP contribution in [0.15, 0.2) is 91.1 Å². The summed E-state index contributed by atoms with van der Waals surface area (Å²) in [6.45, 7) is 0. The molecule has 5 heteroatoms. The summed E-state index contributed by atoms with van der Waals surface area (Å²) < 4.78 is 17.5. The fraction of sp³-hybridized carbons (Fsp3) is 0.0417. The lowest BCUT2D eigenvalue weighted by Gasteiger charge is -2.07. The Labute approximate surface area is 174 Å². The third-order valence-electron chi connectivity index (χ3n) is 4.99. The van der Waals surface area contributed by atoms with Gasteiger partial charge >= 0.3 is 5.63 Å². The highest BCUT2D eigenvalue weighted by Gasteiger charge is 2.14. The minimum atomic E-state index is -0.401. The lowest BCUT2D eigenvalue weighted by molar-refractivity contribution is 0.415. The summed E-state index contributed by atoms with van der Waals surface area (Å²) in [5.41, 5.74) is 4.52. The minimum Gasteiger partial charge on any atom is -0.497 e. The van der Waals surface area contributed by atoms with Gasteiger partial charge in [0.2, 0.25) is 0 Å². The summed E-state index contributed by atoms with van der Waals surface area (Å²) in [6, 6.07) is 21.0. The second-order valence-electron chi connectivity index (χ2n) is 6.71. The Morgan fingerprint density at radius 3 is 2.17 bits per heavy atom. The number of benzene rings is 3. The van der Waals surface area contributed by atoms with Gasteiger partial charge in [0.15, 0.2) is 0 Å². The van der Waals surface area contributed by atoms with Crippen molar-refractivity contribution in [3.8, 4) is 28.0 Å². The molecule has 0 spiro atoms. The van der Waals surface area contributed by atoms with Gasteiger partial charge < -0.3 is 13.6 Å². The number of rotatable bonds is 3. The number of hydrogen-bond acceptors (Lipinski definition) is 4. The fourth-order valence-electron chi connectivity index (χ4n) is 3.55. The molecule has 2 heterocycles. The van der Waals surface area contributed by atoms with Crippen LogP contribution in [0.3, 0.4) is 0 Å². The Morgan fingerprint density at radius 1 is 0.793 bits per heavy atom. The van der Waals surface area contributed by atoms with E-state index >= 15 is 0 Å². The van der Waals surface area contributed by atoms with E-state index in [0.717, 1.165) is 43.2 Å². The number of hydrogen-bond donors (Lipinski definition) is 0. The average Bonchev–Trinajstić information content (AvgIpc) is 3.15. The molecule has 0 saturated heterocycles. The molecule has 0 bridgehead atoms. The number of fused-ring (bicyclic) bond motifs is 2. The summed E-state index contributed by atoms with van der Waals surface area (Å²) in [5.74, 6) is 0.760. The predicted molar refractivity (Wildman–Crippen MR) is 117 cm³/mol. The molecule has 2 aromatic heterocycles. The van der Waals surface area contributed by atoms with Crippen LogP contribution < -0.4 is 10.4 Å². The van der Waals surface area contributed by atoms with Gasteiger partial charge in [0.05, 0.1) is 13.4 Å². The van der Waals surface area contributed by atoms with Crippen molar-refractivity contribution in [2.24, 2.45) is 0 Å². The van der Waals surface area contributed by atoms with Crippen molar-refractivity contribution in [2.75, 3.05) is 7.11 Å². The largest absolute Gasteiger partial charge is 0.497 e. The van der Waals surface area contributed by atoms with E-state index in [-0.39, 0.29) is 0 Å². The first kappa shape index (κ1) is 17.8. The fourth-order valence-corrected chi connectivity index (χ4v) is 3.81. The third-order valence-corrected chi connectivity index (χ3v) is 5.52. The number of ether oxygens (including phenoxy) is 1. The van der Waals surface area contributed by atoms with Gasteiger partial charge in [0.1, 0.15) is 16.9 Å². The van der Waals surface area contributed by atoms with E-state index in [0.29, 0.717) is 11.2 Å². The molecular weight excluding hydrogens is 432 g/mol. The monoisotopic (exact) mass is 446 g/mol. The van der Waals surface area contributed by atoms with Crippen molar-refractivity contribution >= 4 is 37.9 Å². The molecule has 0 saturated carbocycles. The first-order valence-corrected chi connectivity index (χ1v) is 9.81. The van der Waals surface area contributed by atoms with Crippen LogP contribution in [0.2, 0.25) is 0 Å². The summed E-state index contributed by atoms with van der Waals surface area (Å²) in [4.78, 5) is 12.2. The van der Waals surface area contributed by atoms with E-state index in [4.69, 9.17) is 13.6 Å². The molecular formula is C24H15BrO4. The van der Waals surface area contributed by atoms with E-state index in [2.05, 4.69) is 15.9 Å². The highest BCUT2D eigenvalue weighted by molar-refractivity contribution is 9.10. The molecule has 29 heavy (non-hydrogen) atoms. The smallest absolute Gasteiger partial charge is 0.336 e. The van der Waals surface area contributed by atoms with E-state index in [1.165, 1.54) is 6.07 Å². The zero-order valence-electron chi connectivity index (χ0n) is 15.4. The second kappa shape index (κ2) is 6.94. The van der Waals surface area contributed by atoms with Gasteiger partial charge in [-0.25, -0.2) is 4.79 Å². The van der Waals surface area contributed by atoms with Crippen LogP contribution in [-0.4, -0.2) is 7.11 Å². The lowest BCUT2D eigenvalue weighted by atomic mass is 9.98. The van der Waals surface area contributed by atoms with Crippen LogP contribution in [0, 0.1) is 0 Å². The summed E-state index contributed by atoms with van der Waals surface area (Å²) >= 11 is 3.47. The van der Waals surface area contributed by atoms with Gasteiger partial charge in [-0.15, -0.1) is 0 Å². The standard InChI is InChI=1S/C24H15BrO4/c1-27-17-8-4-14(5-9-17)18-11-24(26)29-23-12-22-20(10-19(18)23)21(13-28-22)15-2-6-16(25)7-3-15/h2-13H,1H3. The molecule has 0 aliphatic rings. The van der Waals surface area contributed by atoms with Gasteiger partial charge in [-0.1, -0.05) is 40.2 Å². The molecule has 4 nitrogen and oxygen atoms in total. The van der Waals surface area contributed by atoms with Gasteiger partial charge in [0, 0.05) is 32.9 Å². The van der Waals surface area contributed by atoms with Gasteiger partial charge in [-0.05, 0) is 47.0 Å². The molecule has 142 valence electrons. The first-order chi connectivity index (χ1) is 14.1. The van der Waals surface area contributed by atoms with Crippen molar-refractivity contribution in [2.45, 2.75) is 0 Å². The van der Waals surface area contributed by atoms with Crippen LogP contribution in [0.25, 0.3) is 44.2 Å². The van der Waals surface area contributed by atoms with Crippen molar-refractivity contribution in [3.63, 3.8) is 0 Å². The molecule has 5 aromatic rings. The molecule has 5 rings (SSSR count). The highest BCUT2D eigenvalue weighted by Crippen LogP contribution is 2.37. The van der Waals surface area contributed by atoms with Gasteiger partial charge in [-0.3, -0.25) is 0 Å². The van der Waals surface area contributed by atoms with E-state index in [1.54, 1.807) is 19.4 Å². The molecule has 0 atom stereocenters. The zero-order chi connectivity index (χ0) is 20.0. The van der Waals surface area contributed by atoms with E-state index in [9.17, 15) is 4.79 Å². The maximum atomic E-state index is 12.2. The van der Waals surface area contributed by atoms with Crippen LogP contribution in [0.1, 0.15) is 0 Å². The topological polar surface area (TPSA) is 52.6 Å². The summed E-state index contributed by atoms with van der Waals surface area (Å²) in [6.07, 6.45) is 1.73. The third kappa shape index (κ3) is 3.13. The Bertz CT molecular complexity index is 1390. The number of methoxy groups -OCH3 is 1. The average molecular weight is 447 g/mol. The zero-order valence-corrected chi connectivity index (χ0v) is 17.0. The van der Waals surface area contributed by atoms with Crippen molar-refractivity contribution < 1.29 is 13.6 Å². The SMILES string of the molecule is COc1ccc(-c2cc(=O)oc3cc4occ(-c5ccc(Br)cc5)c4cc23)cc1. The lowest BCUT2D eigenvalue weighted by Crippen LogP contribution is -1.98. The molecule has 0 amide bonds. The van der Waals surface area contributed by atoms with Crippen LogP contribution in [-0.2, 0) is 0 Å². The molecule has 0 N–H and O–H groups in total. The Morgan fingerprint density at radius 2 is 1.45 bits per heavy atom. The Hall–Kier alpha value is -3.31. The molecule has 0 fully saturated rings. The van der Waals surface area contributed by atoms with Gasteiger partial charge in [0.25, 0.3) is 0 Å². The molecule has 0 aliphatic heterocycles. The number of halogens is 1. The van der Waals surface area contributed by atoms with Crippen LogP contribution in [0.4, 0.5) is 0 Å². The quantitative estimate of drug-likeness (QED) is 0.291. The molecule has 0 radical (unpaired) electrons. The van der Waals surface area contributed by atoms with Crippen molar-refractivity contribution in [1.29, 1.82) is 0 Å². The van der Waals surface area contributed by atoms with Crippen LogP contribution in [0.5, 0.6) is 5.75 Å². The maximum Gasteiger partial charge on any atom is 0.336 e. The summed E-state index contributed by atoms with van der Waals surface area (Å²) in [7, 11) is 1.63. The van der Waals surface area contributed by atoms with E-state index < -0.39 is 5.63 Å². The maximum absolute atomic E-state index is 12.2. The van der Waals surface area contributed by atoms with E-state index in [1.807, 2.05) is 54.6 Å². The Kier molecular flexibility index (Phi) is 4.25. The normalized spacial score (nSPS) is 11.2. The highest BCUT2D eigenvalue weighted by atomic mass is 79.9. The second-order valence-corrected chi connectivity index (χ2v) is 7.62. The molecule has 3 aromatic carbocycles. The van der Waals surface area contributed by atoms with Gasteiger partial charge in [-0.2, -0.15) is 0 Å². The minimum absolute atomic E-state index is 0.401. The number of furan rings is 1. The molecule has 0 unspecified atom stereocenters. The molecule has 0 aliphatic carbocycles. The van der Waals surface area contributed by atoms with Crippen molar-refractivity contribution in [1.82, 2.24) is 0 Å². The Balaban J connectivity index is 1.77. The van der Waals surface area contributed by atoms with Crippen LogP contribution >= 0.6 is 15.9 Å². The summed E-state index contributed by atoms with van der Waals surface area (Å²) in [5, 5.41) is 1.81. The first-order valence-electron chi connectivity index (χ1n) is 9.02.